The zero-order chi connectivity index (χ0) is 21.1. The molecule has 2 aromatic rings. The largest absolute Gasteiger partial charge is 0.366 e. The topological polar surface area (TPSA) is 43.9 Å². The quantitative estimate of drug-likeness (QED) is 0.747. The van der Waals surface area contributed by atoms with Crippen molar-refractivity contribution in [3.05, 3.63) is 64.9 Å². The van der Waals surface area contributed by atoms with E-state index < -0.39 is 0 Å². The van der Waals surface area contributed by atoms with E-state index >= 15 is 0 Å². The molecule has 0 bridgehead atoms. The van der Waals surface area contributed by atoms with Gasteiger partial charge in [-0.15, -0.1) is 0 Å². The Morgan fingerprint density at radius 1 is 0.867 bits per heavy atom. The van der Waals surface area contributed by atoms with Gasteiger partial charge in [0, 0.05) is 55.8 Å². The van der Waals surface area contributed by atoms with Crippen molar-refractivity contribution in [3.63, 3.8) is 0 Å². The second kappa shape index (κ2) is 9.04. The maximum Gasteiger partial charge on any atom is 0.253 e. The Morgan fingerprint density at radius 2 is 1.57 bits per heavy atom. The summed E-state index contributed by atoms with van der Waals surface area (Å²) >= 11 is 5.99. The molecule has 7 heteroatoms. The van der Waals surface area contributed by atoms with Gasteiger partial charge in [-0.25, -0.2) is 4.39 Å². The smallest absolute Gasteiger partial charge is 0.253 e. The molecule has 0 N–H and O–H groups in total. The van der Waals surface area contributed by atoms with E-state index in [0.717, 1.165) is 0 Å². The summed E-state index contributed by atoms with van der Waals surface area (Å²) in [6.07, 6.45) is 1.33. The van der Waals surface area contributed by atoms with Gasteiger partial charge in [0.1, 0.15) is 5.82 Å². The number of carbonyl (C=O) groups is 2. The minimum atomic E-state index is -0.228. The van der Waals surface area contributed by atoms with Crippen LogP contribution in [0.1, 0.15) is 23.2 Å². The molecule has 0 aromatic heterocycles. The summed E-state index contributed by atoms with van der Waals surface area (Å²) in [6, 6.07) is 13.7. The number of nitrogens with zero attached hydrogens (tertiary/aromatic N) is 3. The molecule has 2 aromatic carbocycles. The molecule has 4 rings (SSSR count). The molecule has 2 saturated heterocycles. The molecule has 0 aliphatic carbocycles. The summed E-state index contributed by atoms with van der Waals surface area (Å²) in [7, 11) is 0. The Kier molecular flexibility index (Phi) is 6.23. The molecule has 30 heavy (non-hydrogen) atoms. The van der Waals surface area contributed by atoms with Crippen LogP contribution in [0, 0.1) is 11.7 Å². The predicted octanol–water partition coefficient (Wildman–Crippen LogP) is 3.68. The molecule has 0 atom stereocenters. The van der Waals surface area contributed by atoms with Crippen LogP contribution in [-0.4, -0.2) is 60.9 Å². The van der Waals surface area contributed by atoms with Crippen LogP contribution in [0.4, 0.5) is 10.1 Å². The average molecular weight is 430 g/mol. The lowest BCUT2D eigenvalue weighted by molar-refractivity contribution is -0.137. The lowest BCUT2D eigenvalue weighted by atomic mass is 9.94. The first-order valence-corrected chi connectivity index (χ1v) is 10.7. The highest BCUT2D eigenvalue weighted by atomic mass is 35.5. The van der Waals surface area contributed by atoms with Gasteiger partial charge >= 0.3 is 0 Å². The number of carbonyl (C=O) groups excluding carboxylic acids is 2. The van der Waals surface area contributed by atoms with E-state index in [2.05, 4.69) is 0 Å². The molecule has 158 valence electrons. The molecule has 2 fully saturated rings. The first-order chi connectivity index (χ1) is 14.5. The summed E-state index contributed by atoms with van der Waals surface area (Å²) in [4.78, 5) is 31.3. The van der Waals surface area contributed by atoms with E-state index in [9.17, 15) is 14.0 Å². The number of hydrogen-bond acceptors (Lipinski definition) is 3. The van der Waals surface area contributed by atoms with Crippen molar-refractivity contribution in [2.45, 2.75) is 12.8 Å². The third-order valence-electron chi connectivity index (χ3n) is 5.99. The summed E-state index contributed by atoms with van der Waals surface area (Å²) < 4.78 is 14.0. The van der Waals surface area contributed by atoms with Crippen molar-refractivity contribution in [1.29, 1.82) is 0 Å². The third kappa shape index (κ3) is 4.43. The number of piperidine rings is 1. The minimum absolute atomic E-state index is 0.0399. The first kappa shape index (κ1) is 20.7. The van der Waals surface area contributed by atoms with Gasteiger partial charge in [-0.2, -0.15) is 0 Å². The van der Waals surface area contributed by atoms with E-state index in [1.54, 1.807) is 41.3 Å². The highest BCUT2D eigenvalue weighted by Gasteiger charge is 2.32. The fourth-order valence-corrected chi connectivity index (χ4v) is 4.46. The third-order valence-corrected chi connectivity index (χ3v) is 6.22. The number of hydrogen-bond donors (Lipinski definition) is 0. The Bertz CT molecular complexity index is 922. The van der Waals surface area contributed by atoms with Crippen LogP contribution >= 0.6 is 11.6 Å². The second-order valence-corrected chi connectivity index (χ2v) is 8.28. The maximum absolute atomic E-state index is 14.0. The summed E-state index contributed by atoms with van der Waals surface area (Å²) in [5, 5.41) is 0.542. The van der Waals surface area contributed by atoms with E-state index in [1.807, 2.05) is 15.9 Å². The molecular weight excluding hydrogens is 405 g/mol. The van der Waals surface area contributed by atoms with Gasteiger partial charge in [0.2, 0.25) is 5.91 Å². The Labute approximate surface area is 181 Å². The molecule has 2 aliphatic rings. The van der Waals surface area contributed by atoms with Crippen LogP contribution in [0.2, 0.25) is 5.02 Å². The number of anilines is 1. The molecule has 5 nitrogen and oxygen atoms in total. The minimum Gasteiger partial charge on any atom is -0.366 e. The molecule has 2 amide bonds. The highest BCUT2D eigenvalue weighted by molar-refractivity contribution is 6.30. The molecule has 0 unspecified atom stereocenters. The summed E-state index contributed by atoms with van der Waals surface area (Å²) in [6.45, 7) is 3.56. The lowest BCUT2D eigenvalue weighted by Gasteiger charge is -2.39. The van der Waals surface area contributed by atoms with Crippen LogP contribution in [0.5, 0.6) is 0 Å². The number of benzene rings is 2. The van der Waals surface area contributed by atoms with Gasteiger partial charge in [0.05, 0.1) is 5.69 Å². The van der Waals surface area contributed by atoms with Crippen LogP contribution in [-0.2, 0) is 4.79 Å². The molecule has 0 saturated carbocycles. The molecule has 2 aliphatic heterocycles. The zero-order valence-corrected chi connectivity index (χ0v) is 17.5. The van der Waals surface area contributed by atoms with Gasteiger partial charge in [0.25, 0.3) is 5.91 Å². The van der Waals surface area contributed by atoms with Crippen LogP contribution in [0.25, 0.3) is 0 Å². The van der Waals surface area contributed by atoms with Crippen molar-refractivity contribution in [2.75, 3.05) is 44.2 Å². The van der Waals surface area contributed by atoms with E-state index in [-0.39, 0.29) is 23.5 Å². The maximum atomic E-state index is 14.0. The number of likely N-dealkylation sites (tertiary alicyclic amines) is 1. The normalized spacial score (nSPS) is 17.9. The number of rotatable bonds is 3. The summed E-state index contributed by atoms with van der Waals surface area (Å²) in [5.41, 5.74) is 1.17. The van der Waals surface area contributed by atoms with Crippen molar-refractivity contribution in [2.24, 2.45) is 5.92 Å². The number of amides is 2. The molecular formula is C23H25ClFN3O2. The first-order valence-electron chi connectivity index (χ1n) is 10.4. The molecule has 0 spiro atoms. The van der Waals surface area contributed by atoms with Gasteiger partial charge in [-0.1, -0.05) is 29.8 Å². The van der Waals surface area contributed by atoms with Crippen molar-refractivity contribution < 1.29 is 14.0 Å². The SMILES string of the molecule is O=C(c1cccc(Cl)c1)N1CCC(C(=O)N2CCN(c3ccccc3F)CC2)CC1. The molecule has 0 radical (unpaired) electrons. The van der Waals surface area contributed by atoms with E-state index in [1.165, 1.54) is 6.07 Å². The monoisotopic (exact) mass is 429 g/mol. The van der Waals surface area contributed by atoms with Crippen LogP contribution < -0.4 is 4.90 Å². The predicted molar refractivity (Wildman–Crippen MR) is 115 cm³/mol. The average Bonchev–Trinajstić information content (AvgIpc) is 2.79. The van der Waals surface area contributed by atoms with Crippen molar-refractivity contribution in [1.82, 2.24) is 9.80 Å². The fraction of sp³-hybridized carbons (Fsp3) is 0.391. The Hall–Kier alpha value is -2.60. The van der Waals surface area contributed by atoms with Crippen molar-refractivity contribution >= 4 is 29.1 Å². The van der Waals surface area contributed by atoms with Gasteiger partial charge in [0.15, 0.2) is 0 Å². The Balaban J connectivity index is 1.29. The number of piperazine rings is 1. The fourth-order valence-electron chi connectivity index (χ4n) is 4.27. The standard InChI is InChI=1S/C23H25ClFN3O2/c24-19-5-3-4-18(16-19)23(30)27-10-8-17(9-11-27)22(29)28-14-12-26(13-15-28)21-7-2-1-6-20(21)25/h1-7,16-17H,8-15H2. The number of halogens is 2. The second-order valence-electron chi connectivity index (χ2n) is 7.84. The zero-order valence-electron chi connectivity index (χ0n) is 16.8. The van der Waals surface area contributed by atoms with Gasteiger partial charge < -0.3 is 14.7 Å². The highest BCUT2D eigenvalue weighted by Crippen LogP contribution is 2.24. The van der Waals surface area contributed by atoms with Crippen LogP contribution in [0.3, 0.4) is 0 Å². The van der Waals surface area contributed by atoms with E-state index in [4.69, 9.17) is 11.6 Å². The van der Waals surface area contributed by atoms with Crippen LogP contribution in [0.15, 0.2) is 48.5 Å². The lowest BCUT2D eigenvalue weighted by Crippen LogP contribution is -2.52. The Morgan fingerprint density at radius 3 is 2.23 bits per heavy atom. The van der Waals surface area contributed by atoms with Gasteiger partial charge in [-0.3, -0.25) is 9.59 Å². The summed E-state index contributed by atoms with van der Waals surface area (Å²) in [5.74, 6) is -0.178. The molecule has 2 heterocycles. The van der Waals surface area contributed by atoms with Crippen molar-refractivity contribution in [3.8, 4) is 0 Å². The van der Waals surface area contributed by atoms with Gasteiger partial charge in [-0.05, 0) is 43.2 Å². The van der Waals surface area contributed by atoms with E-state index in [0.29, 0.717) is 68.4 Å². The number of para-hydroxylation sites is 1.